The van der Waals surface area contributed by atoms with Crippen LogP contribution in [0.5, 0.6) is 11.5 Å². The van der Waals surface area contributed by atoms with Crippen LogP contribution in [0.15, 0.2) is 83.7 Å². The van der Waals surface area contributed by atoms with Crippen LogP contribution in [-0.2, 0) is 30.1 Å². The first-order chi connectivity index (χ1) is 18.8. The zero-order valence-electron chi connectivity index (χ0n) is 22.1. The number of hydrogen-bond acceptors (Lipinski definition) is 6. The number of methoxy groups -OCH3 is 1. The van der Waals surface area contributed by atoms with Crippen molar-refractivity contribution in [2.45, 2.75) is 39.2 Å². The van der Waals surface area contributed by atoms with Gasteiger partial charge in [0.15, 0.2) is 21.8 Å². The summed E-state index contributed by atoms with van der Waals surface area (Å²) in [5.74, 6) is 1.85. The molecular formula is C30H30N4O4S. The summed E-state index contributed by atoms with van der Waals surface area (Å²) in [5.41, 5.74) is 2.64. The van der Waals surface area contributed by atoms with Crippen molar-refractivity contribution in [1.82, 2.24) is 19.5 Å². The second-order valence-electron chi connectivity index (χ2n) is 9.67. The molecule has 5 aromatic rings. The molecule has 39 heavy (non-hydrogen) atoms. The normalized spacial score (nSPS) is 11.6. The van der Waals surface area contributed by atoms with Crippen molar-refractivity contribution >= 4 is 23.4 Å². The molecule has 0 bridgehead atoms. The second kappa shape index (κ2) is 11.3. The molecule has 0 saturated carbocycles. The SMILES string of the molecule is COc1ccc(Cn2c(C(C)(C)OCc3ccccc3)nc3c(=O)[nH]c(=S)[nH]c32)cc1OCc1ccccc1. The van der Waals surface area contributed by atoms with Crippen LogP contribution in [-0.4, -0.2) is 26.6 Å². The Hall–Kier alpha value is -4.21. The van der Waals surface area contributed by atoms with Crippen molar-refractivity contribution < 1.29 is 14.2 Å². The van der Waals surface area contributed by atoms with Crippen LogP contribution in [0.2, 0.25) is 0 Å². The van der Waals surface area contributed by atoms with Crippen LogP contribution in [0.1, 0.15) is 36.4 Å². The highest BCUT2D eigenvalue weighted by atomic mass is 32.1. The molecular weight excluding hydrogens is 512 g/mol. The van der Waals surface area contributed by atoms with E-state index in [0.717, 1.165) is 16.7 Å². The zero-order chi connectivity index (χ0) is 27.4. The lowest BCUT2D eigenvalue weighted by Gasteiger charge is -2.26. The number of ether oxygens (including phenoxy) is 3. The van der Waals surface area contributed by atoms with E-state index in [2.05, 4.69) is 9.97 Å². The number of rotatable bonds is 10. The van der Waals surface area contributed by atoms with Gasteiger partial charge in [0.25, 0.3) is 5.56 Å². The fraction of sp³-hybridized carbons (Fsp3) is 0.233. The van der Waals surface area contributed by atoms with E-state index in [1.54, 1.807) is 7.11 Å². The Balaban J connectivity index is 1.51. The van der Waals surface area contributed by atoms with E-state index in [4.69, 9.17) is 31.4 Å². The molecule has 5 rings (SSSR count). The summed E-state index contributed by atoms with van der Waals surface area (Å²) >= 11 is 5.28. The number of imidazole rings is 1. The average Bonchev–Trinajstić information content (AvgIpc) is 3.31. The van der Waals surface area contributed by atoms with E-state index in [1.807, 2.05) is 97.3 Å². The molecule has 0 amide bonds. The van der Waals surface area contributed by atoms with Gasteiger partial charge in [0.05, 0.1) is 20.3 Å². The predicted octanol–water partition coefficient (Wildman–Crippen LogP) is 5.87. The van der Waals surface area contributed by atoms with Crippen LogP contribution in [0.25, 0.3) is 11.2 Å². The highest BCUT2D eigenvalue weighted by Crippen LogP contribution is 2.32. The number of aromatic amines is 2. The number of benzene rings is 3. The first-order valence-corrected chi connectivity index (χ1v) is 13.0. The fourth-order valence-electron chi connectivity index (χ4n) is 4.41. The molecule has 2 N–H and O–H groups in total. The van der Waals surface area contributed by atoms with Gasteiger partial charge in [0.1, 0.15) is 23.7 Å². The van der Waals surface area contributed by atoms with Crippen molar-refractivity contribution in [2.24, 2.45) is 0 Å². The lowest BCUT2D eigenvalue weighted by atomic mass is 10.1. The van der Waals surface area contributed by atoms with Gasteiger partial charge in [0.2, 0.25) is 0 Å². The second-order valence-corrected chi connectivity index (χ2v) is 10.1. The van der Waals surface area contributed by atoms with Gasteiger partial charge in [0, 0.05) is 0 Å². The Kier molecular flexibility index (Phi) is 7.63. The molecule has 0 aliphatic heterocycles. The summed E-state index contributed by atoms with van der Waals surface area (Å²) in [6.45, 7) is 5.08. The van der Waals surface area contributed by atoms with E-state index in [1.165, 1.54) is 0 Å². The predicted molar refractivity (Wildman–Crippen MR) is 153 cm³/mol. The average molecular weight is 543 g/mol. The molecule has 0 aliphatic rings. The molecule has 0 unspecified atom stereocenters. The van der Waals surface area contributed by atoms with Crippen molar-refractivity contribution in [3.8, 4) is 11.5 Å². The topological polar surface area (TPSA) is 94.2 Å². The maximum absolute atomic E-state index is 12.8. The van der Waals surface area contributed by atoms with Crippen LogP contribution in [0.4, 0.5) is 0 Å². The molecule has 2 aromatic heterocycles. The van der Waals surface area contributed by atoms with Gasteiger partial charge < -0.3 is 23.8 Å². The number of nitrogens with zero attached hydrogens (tertiary/aromatic N) is 2. The minimum Gasteiger partial charge on any atom is -0.493 e. The zero-order valence-corrected chi connectivity index (χ0v) is 22.9. The van der Waals surface area contributed by atoms with E-state index in [-0.39, 0.29) is 15.8 Å². The van der Waals surface area contributed by atoms with Crippen LogP contribution in [0.3, 0.4) is 0 Å². The molecule has 3 aromatic carbocycles. The molecule has 0 fully saturated rings. The molecule has 8 nitrogen and oxygen atoms in total. The fourth-order valence-corrected chi connectivity index (χ4v) is 4.59. The van der Waals surface area contributed by atoms with E-state index < -0.39 is 5.60 Å². The maximum atomic E-state index is 12.8. The molecule has 0 spiro atoms. The quantitative estimate of drug-likeness (QED) is 0.214. The number of H-pyrrole nitrogens is 2. The van der Waals surface area contributed by atoms with Crippen molar-refractivity contribution in [3.05, 3.63) is 117 Å². The van der Waals surface area contributed by atoms with E-state index in [0.29, 0.717) is 42.7 Å². The maximum Gasteiger partial charge on any atom is 0.279 e. The van der Waals surface area contributed by atoms with Crippen molar-refractivity contribution in [1.29, 1.82) is 0 Å². The van der Waals surface area contributed by atoms with Crippen LogP contribution in [0, 0.1) is 4.77 Å². The van der Waals surface area contributed by atoms with Gasteiger partial charge in [-0.05, 0) is 54.9 Å². The summed E-state index contributed by atoms with van der Waals surface area (Å²) in [4.78, 5) is 23.3. The molecule has 0 radical (unpaired) electrons. The van der Waals surface area contributed by atoms with Crippen molar-refractivity contribution in [3.63, 3.8) is 0 Å². The van der Waals surface area contributed by atoms with Gasteiger partial charge in [-0.1, -0.05) is 66.7 Å². The first-order valence-electron chi connectivity index (χ1n) is 12.6. The largest absolute Gasteiger partial charge is 0.493 e. The lowest BCUT2D eigenvalue weighted by Crippen LogP contribution is -2.27. The summed E-state index contributed by atoms with van der Waals surface area (Å²) in [6, 6.07) is 25.7. The lowest BCUT2D eigenvalue weighted by molar-refractivity contribution is -0.0417. The third kappa shape index (κ3) is 5.94. The molecule has 9 heteroatoms. The monoisotopic (exact) mass is 542 g/mol. The summed E-state index contributed by atoms with van der Waals surface area (Å²) in [7, 11) is 1.62. The molecule has 0 saturated heterocycles. The Morgan fingerprint density at radius 1 is 0.872 bits per heavy atom. The molecule has 0 aliphatic carbocycles. The summed E-state index contributed by atoms with van der Waals surface area (Å²) in [6.07, 6.45) is 0. The van der Waals surface area contributed by atoms with E-state index >= 15 is 0 Å². The number of nitrogens with one attached hydrogen (secondary N) is 2. The standard InChI is InChI=1S/C30H30N4O4S/c1-30(2,38-19-21-12-8-5-9-13-21)28-31-25-26(32-29(39)33-27(25)35)34(28)17-22-14-15-23(36-3)24(16-22)37-18-20-10-6-4-7-11-20/h4-16H,17-19H2,1-3H3,(H2,32,33,35,39). The minimum absolute atomic E-state index is 0.227. The third-order valence-electron chi connectivity index (χ3n) is 6.43. The van der Waals surface area contributed by atoms with E-state index in [9.17, 15) is 4.79 Å². The smallest absolute Gasteiger partial charge is 0.279 e. The van der Waals surface area contributed by atoms with Gasteiger partial charge in [-0.25, -0.2) is 4.98 Å². The van der Waals surface area contributed by atoms with Gasteiger partial charge >= 0.3 is 0 Å². The molecule has 200 valence electrons. The van der Waals surface area contributed by atoms with Crippen LogP contribution < -0.4 is 15.0 Å². The third-order valence-corrected chi connectivity index (χ3v) is 6.63. The highest BCUT2D eigenvalue weighted by Gasteiger charge is 2.30. The minimum atomic E-state index is -0.824. The summed E-state index contributed by atoms with van der Waals surface area (Å²) < 4.78 is 20.2. The summed E-state index contributed by atoms with van der Waals surface area (Å²) in [5, 5.41) is 0. The Morgan fingerprint density at radius 3 is 2.21 bits per heavy atom. The van der Waals surface area contributed by atoms with Gasteiger partial charge in [-0.3, -0.25) is 9.78 Å². The van der Waals surface area contributed by atoms with Gasteiger partial charge in [-0.15, -0.1) is 0 Å². The first kappa shape index (κ1) is 26.4. The highest BCUT2D eigenvalue weighted by molar-refractivity contribution is 7.71. The number of fused-ring (bicyclic) bond motifs is 1. The van der Waals surface area contributed by atoms with Crippen molar-refractivity contribution in [2.75, 3.05) is 7.11 Å². The van der Waals surface area contributed by atoms with Gasteiger partial charge in [-0.2, -0.15) is 0 Å². The Bertz CT molecular complexity index is 1690. The number of aromatic nitrogens is 4. The number of hydrogen-bond donors (Lipinski definition) is 2. The molecule has 0 atom stereocenters. The van der Waals surface area contributed by atoms with Crippen LogP contribution >= 0.6 is 12.2 Å². The molecule has 2 heterocycles. The Morgan fingerprint density at radius 2 is 1.54 bits per heavy atom. The Labute approximate surface area is 231 Å².